The van der Waals surface area contributed by atoms with Crippen LogP contribution >= 0.6 is 0 Å². The smallest absolute Gasteiger partial charge is 0.548 e. The molecule has 7 nitrogen and oxygen atoms in total. The molecule has 0 aliphatic rings. The molecule has 2 atom stereocenters. The molecule has 0 fully saturated rings. The van der Waals surface area contributed by atoms with E-state index < -0.39 is 53.3 Å². The van der Waals surface area contributed by atoms with Crippen molar-refractivity contribution in [2.24, 2.45) is 5.92 Å². The fraction of sp³-hybridized carbons (Fsp3) is 0.517. The molecule has 0 aromatic heterocycles. The highest BCUT2D eigenvalue weighted by molar-refractivity contribution is 5.83. The third kappa shape index (κ3) is 10.0. The quantitative estimate of drug-likeness (QED) is 0.315. The number of benzene rings is 2. The molecule has 0 spiro atoms. The van der Waals surface area contributed by atoms with Gasteiger partial charge in [0.15, 0.2) is 0 Å². The first-order valence-corrected chi connectivity index (χ1v) is 12.7. The largest absolute Gasteiger partial charge is 0.573 e. The SMILES string of the molecule is CN(C(=O)OC(C)(C)C)[C@](CC(C)(C)F)(C(=O)[O-])[C@H](COCc1ccccc1)Cc1ccc(OC(F)(F)F)cc1. The van der Waals surface area contributed by atoms with Crippen LogP contribution in [0.5, 0.6) is 5.75 Å². The summed E-state index contributed by atoms with van der Waals surface area (Å²) >= 11 is 0. The van der Waals surface area contributed by atoms with E-state index in [1.54, 1.807) is 45.0 Å². The first-order valence-electron chi connectivity index (χ1n) is 12.7. The van der Waals surface area contributed by atoms with Gasteiger partial charge in [-0.3, -0.25) is 4.90 Å². The van der Waals surface area contributed by atoms with Crippen molar-refractivity contribution in [1.29, 1.82) is 0 Å². The van der Waals surface area contributed by atoms with Crippen LogP contribution in [0.4, 0.5) is 22.4 Å². The minimum absolute atomic E-state index is 0.0913. The van der Waals surface area contributed by atoms with Crippen molar-refractivity contribution >= 4 is 12.1 Å². The number of carbonyl (C=O) groups excluding carboxylic acids is 2. The van der Waals surface area contributed by atoms with Crippen molar-refractivity contribution in [1.82, 2.24) is 4.90 Å². The number of amides is 1. The normalized spacial score (nSPS) is 14.7. The van der Waals surface area contributed by atoms with Gasteiger partial charge in [-0.2, -0.15) is 0 Å². The van der Waals surface area contributed by atoms with Crippen molar-refractivity contribution < 1.29 is 46.5 Å². The van der Waals surface area contributed by atoms with Gasteiger partial charge < -0.3 is 24.1 Å². The highest BCUT2D eigenvalue weighted by Crippen LogP contribution is 2.38. The average Bonchev–Trinajstić information content (AvgIpc) is 2.80. The number of likely N-dealkylation sites (N-methyl/N-ethyl adjacent to an activating group) is 1. The Hall–Kier alpha value is -3.34. The molecule has 0 unspecified atom stereocenters. The maximum atomic E-state index is 15.3. The second kappa shape index (κ2) is 12.9. The number of carbonyl (C=O) groups is 2. The molecule has 0 aliphatic heterocycles. The summed E-state index contributed by atoms with van der Waals surface area (Å²) in [4.78, 5) is 26.9. The molecule has 0 saturated heterocycles. The third-order valence-electron chi connectivity index (χ3n) is 6.05. The van der Waals surface area contributed by atoms with Crippen molar-refractivity contribution in [3.63, 3.8) is 0 Å². The van der Waals surface area contributed by atoms with Crippen LogP contribution in [0.25, 0.3) is 0 Å². The van der Waals surface area contributed by atoms with Gasteiger partial charge in [-0.15, -0.1) is 13.2 Å². The van der Waals surface area contributed by atoms with Gasteiger partial charge in [0.2, 0.25) is 0 Å². The Morgan fingerprint density at radius 3 is 1.95 bits per heavy atom. The van der Waals surface area contributed by atoms with Crippen molar-refractivity contribution in [3.05, 3.63) is 65.7 Å². The van der Waals surface area contributed by atoms with Gasteiger partial charge in [0.25, 0.3) is 0 Å². The monoisotopic (exact) mass is 570 g/mol. The number of ether oxygens (including phenoxy) is 3. The van der Waals surface area contributed by atoms with Crippen LogP contribution in [-0.2, 0) is 27.3 Å². The standard InChI is InChI=1S/C29H37F4NO6/c1-26(2,3)40-25(37)34(6)28(24(35)36,19-27(4,5)30)22(18-38-17-21-10-8-7-9-11-21)16-20-12-14-23(15-13-20)39-29(31,32)33/h7-15,22H,16-19H2,1-6H3,(H,35,36)/p-1/t22-,28-/m0/s1. The number of rotatable bonds is 12. The van der Waals surface area contributed by atoms with E-state index in [4.69, 9.17) is 9.47 Å². The first-order chi connectivity index (χ1) is 18.3. The Labute approximate surface area is 232 Å². The Bertz CT molecular complexity index is 1110. The minimum atomic E-state index is -4.89. The molecule has 222 valence electrons. The van der Waals surface area contributed by atoms with Crippen LogP contribution in [0.3, 0.4) is 0 Å². The van der Waals surface area contributed by atoms with Crippen LogP contribution in [0.2, 0.25) is 0 Å². The lowest BCUT2D eigenvalue weighted by Crippen LogP contribution is -2.67. The van der Waals surface area contributed by atoms with Gasteiger partial charge in [0.05, 0.1) is 24.7 Å². The number of aliphatic carboxylic acids is 1. The summed E-state index contributed by atoms with van der Waals surface area (Å²) in [5.74, 6) is -3.30. The van der Waals surface area contributed by atoms with Gasteiger partial charge >= 0.3 is 12.5 Å². The van der Waals surface area contributed by atoms with Crippen LogP contribution in [0.15, 0.2) is 54.6 Å². The minimum Gasteiger partial charge on any atom is -0.548 e. The molecule has 0 heterocycles. The summed E-state index contributed by atoms with van der Waals surface area (Å²) in [5, 5.41) is 13.0. The molecule has 0 radical (unpaired) electrons. The second-order valence-electron chi connectivity index (χ2n) is 11.2. The number of halogens is 4. The summed E-state index contributed by atoms with van der Waals surface area (Å²) in [5.41, 5.74) is -4.14. The van der Waals surface area contributed by atoms with Crippen molar-refractivity contribution in [3.8, 4) is 5.75 Å². The zero-order valence-corrected chi connectivity index (χ0v) is 23.5. The van der Waals surface area contributed by atoms with Gasteiger partial charge in [-0.1, -0.05) is 42.5 Å². The summed E-state index contributed by atoms with van der Waals surface area (Å²) in [6.45, 7) is 7.00. The molecule has 0 bridgehead atoms. The molecular weight excluding hydrogens is 534 g/mol. The number of hydrogen-bond acceptors (Lipinski definition) is 6. The van der Waals surface area contributed by atoms with E-state index in [1.165, 1.54) is 33.0 Å². The fourth-order valence-electron chi connectivity index (χ4n) is 4.42. The number of alkyl halides is 4. The number of nitrogens with zero attached hydrogens (tertiary/aromatic N) is 1. The van der Waals surface area contributed by atoms with E-state index in [-0.39, 0.29) is 19.6 Å². The van der Waals surface area contributed by atoms with Gasteiger partial charge in [-0.25, -0.2) is 9.18 Å². The molecule has 40 heavy (non-hydrogen) atoms. The first kappa shape index (κ1) is 32.9. The molecule has 1 amide bonds. The summed E-state index contributed by atoms with van der Waals surface area (Å²) in [6.07, 6.45) is -6.68. The Kier molecular flexibility index (Phi) is 10.6. The lowest BCUT2D eigenvalue weighted by atomic mass is 9.73. The van der Waals surface area contributed by atoms with E-state index in [9.17, 15) is 27.9 Å². The highest BCUT2D eigenvalue weighted by atomic mass is 19.4. The lowest BCUT2D eigenvalue weighted by Gasteiger charge is -2.49. The molecule has 11 heteroatoms. The molecule has 2 aromatic carbocycles. The zero-order valence-electron chi connectivity index (χ0n) is 23.5. The number of carboxylic acid groups (broad SMARTS) is 1. The van der Waals surface area contributed by atoms with Gasteiger partial charge in [0, 0.05) is 19.4 Å². The second-order valence-corrected chi connectivity index (χ2v) is 11.2. The van der Waals surface area contributed by atoms with Gasteiger partial charge in [0.1, 0.15) is 17.0 Å². The molecule has 2 rings (SSSR count). The van der Waals surface area contributed by atoms with E-state index in [2.05, 4.69) is 4.74 Å². The predicted octanol–water partition coefficient (Wildman–Crippen LogP) is 5.45. The van der Waals surface area contributed by atoms with Crippen LogP contribution in [0.1, 0.15) is 52.2 Å². The third-order valence-corrected chi connectivity index (χ3v) is 6.05. The molecule has 0 saturated carbocycles. The van der Waals surface area contributed by atoms with Crippen LogP contribution in [0, 0.1) is 5.92 Å². The lowest BCUT2D eigenvalue weighted by molar-refractivity contribution is -0.323. The van der Waals surface area contributed by atoms with E-state index in [1.807, 2.05) is 6.07 Å². The zero-order chi connectivity index (χ0) is 30.4. The molecule has 0 aliphatic carbocycles. The Balaban J connectivity index is 2.54. The summed E-state index contributed by atoms with van der Waals surface area (Å²) < 4.78 is 68.3. The van der Waals surface area contributed by atoms with Gasteiger partial charge in [-0.05, 0) is 64.3 Å². The summed E-state index contributed by atoms with van der Waals surface area (Å²) in [7, 11) is 1.19. The maximum Gasteiger partial charge on any atom is 0.573 e. The fourth-order valence-corrected chi connectivity index (χ4v) is 4.42. The molecule has 0 N–H and O–H groups in total. The van der Waals surface area contributed by atoms with E-state index in [0.717, 1.165) is 22.6 Å². The summed E-state index contributed by atoms with van der Waals surface area (Å²) in [6, 6.07) is 13.9. The van der Waals surface area contributed by atoms with Crippen molar-refractivity contribution in [2.75, 3.05) is 13.7 Å². The maximum absolute atomic E-state index is 15.3. The average molecular weight is 571 g/mol. The predicted molar refractivity (Wildman–Crippen MR) is 138 cm³/mol. The number of carboxylic acids is 1. The Morgan fingerprint density at radius 2 is 1.48 bits per heavy atom. The topological polar surface area (TPSA) is 88.1 Å². The van der Waals surface area contributed by atoms with Crippen LogP contribution < -0.4 is 9.84 Å². The van der Waals surface area contributed by atoms with E-state index >= 15 is 4.39 Å². The number of hydrogen-bond donors (Lipinski definition) is 0. The molecular formula is C29H36F4NO6-. The van der Waals surface area contributed by atoms with Crippen molar-refractivity contribution in [2.45, 2.75) is 77.2 Å². The highest BCUT2D eigenvalue weighted by Gasteiger charge is 2.50. The molecule has 2 aromatic rings. The van der Waals surface area contributed by atoms with Crippen LogP contribution in [-0.4, -0.2) is 53.8 Å². The Morgan fingerprint density at radius 1 is 0.900 bits per heavy atom. The van der Waals surface area contributed by atoms with E-state index in [0.29, 0.717) is 5.56 Å².